The van der Waals surface area contributed by atoms with Crippen LogP contribution in [0.25, 0.3) is 5.65 Å². The van der Waals surface area contributed by atoms with Gasteiger partial charge in [-0.3, -0.25) is 4.40 Å². The first-order valence-corrected chi connectivity index (χ1v) is 5.84. The van der Waals surface area contributed by atoms with Crippen LogP contribution in [0.4, 0.5) is 0 Å². The molecule has 1 N–H and O–H groups in total. The van der Waals surface area contributed by atoms with Crippen LogP contribution in [0, 0.1) is 0 Å². The van der Waals surface area contributed by atoms with E-state index in [1.165, 1.54) is 0 Å². The van der Waals surface area contributed by atoms with Crippen molar-refractivity contribution >= 4 is 21.6 Å². The molecule has 1 saturated heterocycles. The van der Waals surface area contributed by atoms with Gasteiger partial charge in [-0.25, -0.2) is 9.97 Å². The molecule has 0 aromatic carbocycles. The van der Waals surface area contributed by atoms with E-state index in [0.717, 1.165) is 35.5 Å². The normalized spacial score (nSPS) is 21.3. The quantitative estimate of drug-likeness (QED) is 0.852. The summed E-state index contributed by atoms with van der Waals surface area (Å²) in [5.74, 6) is 0.527. The first-order valence-electron chi connectivity index (χ1n) is 5.04. The Balaban J connectivity index is 2.14. The van der Waals surface area contributed by atoms with Crippen LogP contribution in [0.1, 0.15) is 18.0 Å². The molecule has 0 bridgehead atoms. The number of fused-ring (bicyclic) bond motifs is 1. The van der Waals surface area contributed by atoms with Crippen LogP contribution >= 0.6 is 15.9 Å². The van der Waals surface area contributed by atoms with E-state index in [2.05, 4.69) is 31.2 Å². The second-order valence-corrected chi connectivity index (χ2v) is 4.54. The van der Waals surface area contributed by atoms with Gasteiger partial charge >= 0.3 is 0 Å². The lowest BCUT2D eigenvalue weighted by Crippen LogP contribution is -2.08. The highest BCUT2D eigenvalue weighted by Crippen LogP contribution is 2.29. The van der Waals surface area contributed by atoms with Crippen LogP contribution in [0.3, 0.4) is 0 Å². The standard InChI is InChI=1S/C10H11BrN4/c11-10-9(7-1-3-12-5-7)14-8-2-4-13-6-15(8)10/h2,4,6-7,12H,1,3,5H2. The van der Waals surface area contributed by atoms with Crippen LogP contribution in [0.2, 0.25) is 0 Å². The molecule has 1 atom stereocenters. The van der Waals surface area contributed by atoms with Gasteiger partial charge in [0.05, 0.1) is 5.69 Å². The number of nitrogens with zero attached hydrogens (tertiary/aromatic N) is 3. The topological polar surface area (TPSA) is 42.2 Å². The Bertz CT molecular complexity index is 487. The van der Waals surface area contributed by atoms with Crippen molar-refractivity contribution in [1.29, 1.82) is 0 Å². The zero-order chi connectivity index (χ0) is 10.3. The minimum atomic E-state index is 0.527. The summed E-state index contributed by atoms with van der Waals surface area (Å²) in [5, 5.41) is 3.36. The van der Waals surface area contributed by atoms with Crippen LogP contribution in [-0.4, -0.2) is 27.5 Å². The summed E-state index contributed by atoms with van der Waals surface area (Å²) in [6, 6.07) is 1.93. The summed E-state index contributed by atoms with van der Waals surface area (Å²) < 4.78 is 3.02. The molecule has 2 aromatic heterocycles. The van der Waals surface area contributed by atoms with Gasteiger partial charge in [-0.2, -0.15) is 0 Å². The number of aromatic nitrogens is 3. The van der Waals surface area contributed by atoms with Crippen molar-refractivity contribution in [3.63, 3.8) is 0 Å². The maximum absolute atomic E-state index is 4.63. The zero-order valence-corrected chi connectivity index (χ0v) is 9.74. The van der Waals surface area contributed by atoms with Crippen molar-refractivity contribution in [2.45, 2.75) is 12.3 Å². The minimum absolute atomic E-state index is 0.527. The van der Waals surface area contributed by atoms with E-state index in [4.69, 9.17) is 0 Å². The molecule has 0 radical (unpaired) electrons. The number of hydrogen-bond donors (Lipinski definition) is 1. The summed E-state index contributed by atoms with van der Waals surface area (Å²) in [6.45, 7) is 2.11. The van der Waals surface area contributed by atoms with Crippen molar-refractivity contribution < 1.29 is 0 Å². The Labute approximate surface area is 95.9 Å². The summed E-state index contributed by atoms with van der Waals surface area (Å²) in [4.78, 5) is 8.72. The van der Waals surface area contributed by atoms with Crippen molar-refractivity contribution in [2.75, 3.05) is 13.1 Å². The van der Waals surface area contributed by atoms with Gasteiger partial charge in [0, 0.05) is 18.7 Å². The van der Waals surface area contributed by atoms with E-state index >= 15 is 0 Å². The average molecular weight is 267 g/mol. The molecule has 5 heteroatoms. The Hall–Kier alpha value is -0.940. The predicted molar refractivity (Wildman–Crippen MR) is 60.9 cm³/mol. The molecule has 1 unspecified atom stereocenters. The molecule has 1 aliphatic rings. The first-order chi connectivity index (χ1) is 7.36. The van der Waals surface area contributed by atoms with Crippen LogP contribution in [0.15, 0.2) is 23.2 Å². The number of halogens is 1. The third kappa shape index (κ3) is 1.46. The Morgan fingerprint density at radius 1 is 1.53 bits per heavy atom. The number of imidazole rings is 1. The highest BCUT2D eigenvalue weighted by molar-refractivity contribution is 9.10. The molecule has 1 fully saturated rings. The van der Waals surface area contributed by atoms with Gasteiger partial charge in [-0.05, 0) is 35.0 Å². The number of rotatable bonds is 1. The van der Waals surface area contributed by atoms with E-state index < -0.39 is 0 Å². The fraction of sp³-hybridized carbons (Fsp3) is 0.400. The summed E-state index contributed by atoms with van der Waals surface area (Å²) >= 11 is 3.59. The third-order valence-corrected chi connectivity index (χ3v) is 3.63. The Morgan fingerprint density at radius 3 is 3.20 bits per heavy atom. The van der Waals surface area contributed by atoms with Crippen molar-refractivity contribution in [1.82, 2.24) is 19.7 Å². The molecule has 0 spiro atoms. The molecule has 15 heavy (non-hydrogen) atoms. The zero-order valence-electron chi connectivity index (χ0n) is 8.15. The molecular weight excluding hydrogens is 256 g/mol. The van der Waals surface area contributed by atoms with Crippen molar-refractivity contribution in [3.8, 4) is 0 Å². The van der Waals surface area contributed by atoms with Gasteiger partial charge in [0.1, 0.15) is 16.6 Å². The second kappa shape index (κ2) is 3.57. The monoisotopic (exact) mass is 266 g/mol. The van der Waals surface area contributed by atoms with Crippen LogP contribution in [0.5, 0.6) is 0 Å². The van der Waals surface area contributed by atoms with Crippen molar-refractivity contribution in [2.24, 2.45) is 0 Å². The molecule has 78 valence electrons. The molecule has 1 aliphatic heterocycles. The van der Waals surface area contributed by atoms with E-state index in [-0.39, 0.29) is 0 Å². The molecule has 0 aliphatic carbocycles. The number of nitrogens with one attached hydrogen (secondary N) is 1. The van der Waals surface area contributed by atoms with Gasteiger partial charge in [-0.1, -0.05) is 0 Å². The lowest BCUT2D eigenvalue weighted by molar-refractivity contribution is 0.736. The van der Waals surface area contributed by atoms with Gasteiger partial charge < -0.3 is 5.32 Å². The molecule has 3 rings (SSSR count). The Kier molecular flexibility index (Phi) is 2.21. The summed E-state index contributed by atoms with van der Waals surface area (Å²) in [6.07, 6.45) is 4.72. The van der Waals surface area contributed by atoms with E-state index in [1.807, 2.05) is 10.5 Å². The summed E-state index contributed by atoms with van der Waals surface area (Å²) in [5.41, 5.74) is 2.10. The van der Waals surface area contributed by atoms with E-state index in [1.54, 1.807) is 12.5 Å². The molecule has 2 aromatic rings. The maximum atomic E-state index is 4.63. The molecule has 4 nitrogen and oxygen atoms in total. The van der Waals surface area contributed by atoms with Crippen LogP contribution < -0.4 is 5.32 Å². The molecule has 0 amide bonds. The van der Waals surface area contributed by atoms with Gasteiger partial charge in [0.2, 0.25) is 0 Å². The van der Waals surface area contributed by atoms with E-state index in [9.17, 15) is 0 Å². The fourth-order valence-electron chi connectivity index (χ4n) is 2.04. The highest BCUT2D eigenvalue weighted by atomic mass is 79.9. The molecular formula is C10H11BrN4. The molecule has 3 heterocycles. The smallest absolute Gasteiger partial charge is 0.140 e. The minimum Gasteiger partial charge on any atom is -0.316 e. The highest BCUT2D eigenvalue weighted by Gasteiger charge is 2.22. The van der Waals surface area contributed by atoms with E-state index in [0.29, 0.717) is 5.92 Å². The first kappa shape index (κ1) is 9.30. The predicted octanol–water partition coefficient (Wildman–Crippen LogP) is 1.57. The average Bonchev–Trinajstić information content (AvgIpc) is 2.87. The maximum Gasteiger partial charge on any atom is 0.140 e. The van der Waals surface area contributed by atoms with Gasteiger partial charge in [0.15, 0.2) is 0 Å². The third-order valence-electron chi connectivity index (χ3n) is 2.84. The van der Waals surface area contributed by atoms with Crippen LogP contribution in [-0.2, 0) is 0 Å². The summed E-state index contributed by atoms with van der Waals surface area (Å²) in [7, 11) is 0. The Morgan fingerprint density at radius 2 is 2.47 bits per heavy atom. The lowest BCUT2D eigenvalue weighted by Gasteiger charge is -2.03. The second-order valence-electron chi connectivity index (χ2n) is 3.79. The largest absolute Gasteiger partial charge is 0.316 e. The van der Waals surface area contributed by atoms with Crippen molar-refractivity contribution in [3.05, 3.63) is 28.9 Å². The lowest BCUT2D eigenvalue weighted by atomic mass is 10.1. The fourth-order valence-corrected chi connectivity index (χ4v) is 2.72. The molecule has 0 saturated carbocycles. The van der Waals surface area contributed by atoms with Gasteiger partial charge in [-0.15, -0.1) is 0 Å². The number of hydrogen-bond acceptors (Lipinski definition) is 3. The SMILES string of the molecule is Brc1c(C2CCNC2)nc2ccncn12. The van der Waals surface area contributed by atoms with Gasteiger partial charge in [0.25, 0.3) is 0 Å².